The topological polar surface area (TPSA) is 103 Å². The Morgan fingerprint density at radius 3 is 2.37 bits per heavy atom. The van der Waals surface area contributed by atoms with Crippen LogP contribution >= 0.6 is 0 Å². The Hall–Kier alpha value is -2.42. The van der Waals surface area contributed by atoms with Crippen molar-refractivity contribution < 1.29 is 0 Å². The van der Waals surface area contributed by atoms with E-state index < -0.39 is 0 Å². The van der Waals surface area contributed by atoms with Gasteiger partial charge in [-0.3, -0.25) is 14.3 Å². The monoisotopic (exact) mass is 376 g/mol. The Morgan fingerprint density at radius 1 is 1.15 bits per heavy atom. The normalized spacial score (nSPS) is 12.9. The van der Waals surface area contributed by atoms with Crippen LogP contribution in [0.1, 0.15) is 41.5 Å². The lowest BCUT2D eigenvalue weighted by atomic mass is 10.1. The molecule has 0 radical (unpaired) electrons. The third-order valence-electron chi connectivity index (χ3n) is 3.65. The molecule has 0 saturated carbocycles. The van der Waals surface area contributed by atoms with Crippen molar-refractivity contribution in [1.82, 2.24) is 29.7 Å². The van der Waals surface area contributed by atoms with E-state index in [4.69, 9.17) is 0 Å². The maximum Gasteiger partial charge on any atom is 0.280 e. The van der Waals surface area contributed by atoms with E-state index in [1.165, 1.54) is 0 Å². The number of anilines is 1. The molecule has 150 valence electrons. The van der Waals surface area contributed by atoms with Crippen LogP contribution in [0, 0.1) is 0 Å². The summed E-state index contributed by atoms with van der Waals surface area (Å²) in [5.41, 5.74) is 0.259. The van der Waals surface area contributed by atoms with Crippen LogP contribution in [0.25, 0.3) is 11.2 Å². The first-order chi connectivity index (χ1) is 12.4. The van der Waals surface area contributed by atoms with Crippen molar-refractivity contribution >= 4 is 29.4 Å². The first-order valence-corrected chi connectivity index (χ1v) is 9.11. The van der Waals surface area contributed by atoms with Gasteiger partial charge in [-0.1, -0.05) is 0 Å². The highest BCUT2D eigenvalue weighted by Gasteiger charge is 2.24. The molecule has 27 heavy (non-hydrogen) atoms. The zero-order valence-corrected chi connectivity index (χ0v) is 17.6. The molecule has 0 aliphatic heterocycles. The van der Waals surface area contributed by atoms with E-state index >= 15 is 0 Å². The van der Waals surface area contributed by atoms with Crippen LogP contribution in [-0.4, -0.2) is 63.5 Å². The van der Waals surface area contributed by atoms with Gasteiger partial charge in [0.15, 0.2) is 11.2 Å². The number of hydrogen-bond donors (Lipinski definition) is 3. The smallest absolute Gasteiger partial charge is 0.280 e. The largest absolute Gasteiger partial charge is 0.369 e. The van der Waals surface area contributed by atoms with Crippen LogP contribution < -0.4 is 16.2 Å². The van der Waals surface area contributed by atoms with Crippen LogP contribution in [0.15, 0.2) is 9.79 Å². The Kier molecular flexibility index (Phi) is 5.94. The van der Waals surface area contributed by atoms with Gasteiger partial charge in [0.25, 0.3) is 5.56 Å². The molecule has 9 heteroatoms. The Balaban J connectivity index is 2.42. The summed E-state index contributed by atoms with van der Waals surface area (Å²) >= 11 is 0. The first kappa shape index (κ1) is 20.9. The average Bonchev–Trinajstić information content (AvgIpc) is 2.87. The van der Waals surface area contributed by atoms with Gasteiger partial charge in [-0.15, -0.1) is 0 Å². The maximum absolute atomic E-state index is 12.5. The molecular weight excluding hydrogens is 344 g/mol. The quantitative estimate of drug-likeness (QED) is 0.404. The minimum atomic E-state index is -0.308. The predicted molar refractivity (Wildman–Crippen MR) is 111 cm³/mol. The van der Waals surface area contributed by atoms with Crippen molar-refractivity contribution in [3.05, 3.63) is 10.4 Å². The first-order valence-electron chi connectivity index (χ1n) is 9.11. The van der Waals surface area contributed by atoms with Gasteiger partial charge in [-0.2, -0.15) is 4.98 Å². The van der Waals surface area contributed by atoms with E-state index in [1.54, 1.807) is 11.2 Å². The number of aromatic amines is 1. The minimum absolute atomic E-state index is 0.0455. The molecule has 0 bridgehead atoms. The molecule has 3 N–H and O–H groups in total. The number of hydrogen-bond acceptors (Lipinski definition) is 6. The molecule has 0 fully saturated rings. The van der Waals surface area contributed by atoms with Gasteiger partial charge in [0.05, 0.1) is 6.34 Å². The molecule has 2 heterocycles. The van der Waals surface area contributed by atoms with E-state index in [9.17, 15) is 4.79 Å². The molecule has 2 aromatic heterocycles. The standard InChI is InChI=1S/C18H32N8O/c1-17(2,3)21-10-9-19-16-22-12-13(26(16)18(4,5)6)23-15(24-14(12)27)20-11-25(7)8/h11,21H,9-10H2,1-8H3,(H,19,22)(H,23,24,27). The summed E-state index contributed by atoms with van der Waals surface area (Å²) in [6, 6.07) is 0. The molecule has 0 aromatic carbocycles. The summed E-state index contributed by atoms with van der Waals surface area (Å²) in [5.74, 6) is 0.882. The number of aromatic nitrogens is 4. The Labute approximate surface area is 160 Å². The average molecular weight is 377 g/mol. The van der Waals surface area contributed by atoms with E-state index in [2.05, 4.69) is 72.1 Å². The van der Waals surface area contributed by atoms with Gasteiger partial charge in [0.2, 0.25) is 11.9 Å². The highest BCUT2D eigenvalue weighted by molar-refractivity contribution is 5.75. The minimum Gasteiger partial charge on any atom is -0.369 e. The zero-order chi connectivity index (χ0) is 20.4. The summed E-state index contributed by atoms with van der Waals surface area (Å²) < 4.78 is 1.95. The van der Waals surface area contributed by atoms with Gasteiger partial charge in [-0.05, 0) is 41.5 Å². The summed E-state index contributed by atoms with van der Waals surface area (Å²) in [4.78, 5) is 30.2. The van der Waals surface area contributed by atoms with Crippen molar-refractivity contribution in [2.45, 2.75) is 52.6 Å². The van der Waals surface area contributed by atoms with Crippen molar-refractivity contribution in [2.75, 3.05) is 32.5 Å². The summed E-state index contributed by atoms with van der Waals surface area (Å²) in [6.45, 7) is 14.0. The molecule has 0 amide bonds. The second-order valence-corrected chi connectivity index (χ2v) is 8.82. The van der Waals surface area contributed by atoms with E-state index in [0.717, 1.165) is 6.54 Å². The summed E-state index contributed by atoms with van der Waals surface area (Å²) in [6.07, 6.45) is 1.60. The van der Waals surface area contributed by atoms with Gasteiger partial charge in [-0.25, -0.2) is 9.98 Å². The van der Waals surface area contributed by atoms with Crippen LogP contribution in [-0.2, 0) is 5.54 Å². The number of rotatable bonds is 6. The van der Waals surface area contributed by atoms with E-state index in [-0.39, 0.29) is 22.6 Å². The number of imidazole rings is 1. The maximum atomic E-state index is 12.5. The molecule has 0 unspecified atom stereocenters. The SMILES string of the molecule is CN(C)C=Nc1nc2c(nc(NCCNC(C)(C)C)n2C(C)(C)C)c(=O)[nH]1. The molecule has 9 nitrogen and oxygen atoms in total. The second kappa shape index (κ2) is 7.67. The van der Waals surface area contributed by atoms with E-state index in [0.29, 0.717) is 23.7 Å². The fraction of sp³-hybridized carbons (Fsp3) is 0.667. The van der Waals surface area contributed by atoms with Crippen molar-refractivity contribution in [2.24, 2.45) is 4.99 Å². The summed E-state index contributed by atoms with van der Waals surface area (Å²) in [7, 11) is 3.71. The fourth-order valence-electron chi connectivity index (χ4n) is 2.55. The van der Waals surface area contributed by atoms with Crippen molar-refractivity contribution in [3.63, 3.8) is 0 Å². The third-order valence-corrected chi connectivity index (χ3v) is 3.65. The molecule has 2 rings (SSSR count). The van der Waals surface area contributed by atoms with Crippen molar-refractivity contribution in [1.29, 1.82) is 0 Å². The second-order valence-electron chi connectivity index (χ2n) is 8.82. The zero-order valence-electron chi connectivity index (χ0n) is 17.6. The predicted octanol–water partition coefficient (Wildman–Crippen LogP) is 1.90. The van der Waals surface area contributed by atoms with Gasteiger partial charge < -0.3 is 15.5 Å². The molecule has 0 saturated heterocycles. The lowest BCUT2D eigenvalue weighted by Crippen LogP contribution is -2.39. The molecule has 0 atom stereocenters. The number of nitrogens with zero attached hydrogens (tertiary/aromatic N) is 5. The summed E-state index contributed by atoms with van der Waals surface area (Å²) in [5, 5.41) is 6.75. The number of aliphatic imine (C=N–C) groups is 1. The molecule has 0 aliphatic carbocycles. The van der Waals surface area contributed by atoms with Crippen LogP contribution in [0.4, 0.5) is 11.9 Å². The van der Waals surface area contributed by atoms with Crippen LogP contribution in [0.3, 0.4) is 0 Å². The molecule has 0 spiro atoms. The van der Waals surface area contributed by atoms with Gasteiger partial charge in [0, 0.05) is 38.3 Å². The highest BCUT2D eigenvalue weighted by atomic mass is 16.1. The Morgan fingerprint density at radius 2 is 1.81 bits per heavy atom. The van der Waals surface area contributed by atoms with Gasteiger partial charge >= 0.3 is 0 Å². The number of nitrogens with one attached hydrogen (secondary N) is 3. The molecule has 2 aromatic rings. The Bertz CT molecular complexity index is 864. The van der Waals surface area contributed by atoms with Crippen LogP contribution in [0.5, 0.6) is 0 Å². The molecular formula is C18H32N8O. The van der Waals surface area contributed by atoms with Crippen molar-refractivity contribution in [3.8, 4) is 0 Å². The van der Waals surface area contributed by atoms with E-state index in [1.807, 2.05) is 18.7 Å². The number of H-pyrrole nitrogens is 1. The lowest BCUT2D eigenvalue weighted by Gasteiger charge is -2.25. The third kappa shape index (κ3) is 5.53. The molecule has 0 aliphatic rings. The van der Waals surface area contributed by atoms with Gasteiger partial charge in [0.1, 0.15) is 0 Å². The van der Waals surface area contributed by atoms with Crippen LogP contribution in [0.2, 0.25) is 0 Å². The fourth-order valence-corrected chi connectivity index (χ4v) is 2.55. The highest BCUT2D eigenvalue weighted by Crippen LogP contribution is 2.26. The lowest BCUT2D eigenvalue weighted by molar-refractivity contribution is 0.408. The number of fused-ring (bicyclic) bond motifs is 1.